The molecule has 0 unspecified atom stereocenters. The van der Waals surface area contributed by atoms with Gasteiger partial charge in [-0.2, -0.15) is 0 Å². The summed E-state index contributed by atoms with van der Waals surface area (Å²) in [6.45, 7) is 2.54. The Balaban J connectivity index is 1.63. The third kappa shape index (κ3) is 4.95. The predicted octanol–water partition coefficient (Wildman–Crippen LogP) is 5.27. The van der Waals surface area contributed by atoms with Crippen LogP contribution in [0.5, 0.6) is 5.75 Å². The zero-order chi connectivity index (χ0) is 19.2. The van der Waals surface area contributed by atoms with E-state index in [-0.39, 0.29) is 10.9 Å². The second-order valence-corrected chi connectivity index (χ2v) is 6.00. The topological polar surface area (TPSA) is 63.2 Å². The van der Waals surface area contributed by atoms with E-state index < -0.39 is 5.82 Å². The minimum Gasteiger partial charge on any atom is -0.494 e. The van der Waals surface area contributed by atoms with Gasteiger partial charge in [0.15, 0.2) is 0 Å². The number of nitrogens with zero attached hydrogens (tertiary/aromatic N) is 1. The maximum Gasteiger partial charge on any atom is 0.257 e. The Kier molecular flexibility index (Phi) is 5.88. The normalized spacial score (nSPS) is 10.3. The first-order valence-electron chi connectivity index (χ1n) is 8.27. The van der Waals surface area contributed by atoms with Crippen LogP contribution in [0.2, 0.25) is 5.02 Å². The smallest absolute Gasteiger partial charge is 0.257 e. The maximum atomic E-state index is 13.2. The number of benzene rings is 2. The van der Waals surface area contributed by atoms with Crippen LogP contribution in [0.1, 0.15) is 17.3 Å². The number of anilines is 3. The summed E-state index contributed by atoms with van der Waals surface area (Å²) in [5.41, 5.74) is 1.62. The lowest BCUT2D eigenvalue weighted by Crippen LogP contribution is -2.12. The zero-order valence-electron chi connectivity index (χ0n) is 14.5. The highest BCUT2D eigenvalue weighted by molar-refractivity contribution is 6.31. The van der Waals surface area contributed by atoms with Crippen molar-refractivity contribution in [3.05, 3.63) is 77.2 Å². The highest BCUT2D eigenvalue weighted by Gasteiger charge is 2.09. The van der Waals surface area contributed by atoms with Gasteiger partial charge in [-0.1, -0.05) is 11.6 Å². The zero-order valence-corrected chi connectivity index (χ0v) is 15.3. The van der Waals surface area contributed by atoms with Gasteiger partial charge >= 0.3 is 0 Å². The molecule has 0 atom stereocenters. The van der Waals surface area contributed by atoms with Crippen LogP contribution in [0.25, 0.3) is 0 Å². The molecule has 2 N–H and O–H groups in total. The number of ether oxygens (including phenoxy) is 1. The van der Waals surface area contributed by atoms with Crippen molar-refractivity contribution in [2.24, 2.45) is 0 Å². The molecule has 1 aromatic heterocycles. The second kappa shape index (κ2) is 8.51. The van der Waals surface area contributed by atoms with Gasteiger partial charge in [0.2, 0.25) is 0 Å². The molecule has 0 aliphatic rings. The van der Waals surface area contributed by atoms with E-state index in [9.17, 15) is 9.18 Å². The lowest BCUT2D eigenvalue weighted by atomic mass is 10.2. The van der Waals surface area contributed by atoms with E-state index >= 15 is 0 Å². The van der Waals surface area contributed by atoms with Crippen molar-refractivity contribution in [3.8, 4) is 5.75 Å². The number of nitrogens with one attached hydrogen (secondary N) is 2. The predicted molar refractivity (Wildman–Crippen MR) is 104 cm³/mol. The molecule has 27 heavy (non-hydrogen) atoms. The van der Waals surface area contributed by atoms with Crippen molar-refractivity contribution < 1.29 is 13.9 Å². The summed E-state index contributed by atoms with van der Waals surface area (Å²) in [5, 5.41) is 5.74. The van der Waals surface area contributed by atoms with Crippen LogP contribution >= 0.6 is 11.6 Å². The summed E-state index contributed by atoms with van der Waals surface area (Å²) in [5.74, 6) is 0.489. The molecule has 0 saturated carbocycles. The van der Waals surface area contributed by atoms with E-state index in [4.69, 9.17) is 16.3 Å². The van der Waals surface area contributed by atoms with Crippen LogP contribution in [0.3, 0.4) is 0 Å². The lowest BCUT2D eigenvalue weighted by molar-refractivity contribution is 0.102. The molecule has 5 nitrogen and oxygen atoms in total. The van der Waals surface area contributed by atoms with E-state index in [1.165, 1.54) is 24.4 Å². The summed E-state index contributed by atoms with van der Waals surface area (Å²) in [4.78, 5) is 16.5. The van der Waals surface area contributed by atoms with E-state index in [2.05, 4.69) is 15.6 Å². The van der Waals surface area contributed by atoms with Crippen molar-refractivity contribution in [1.29, 1.82) is 0 Å². The molecule has 138 valence electrons. The first-order valence-corrected chi connectivity index (χ1v) is 8.65. The number of aromatic nitrogens is 1. The van der Waals surface area contributed by atoms with Crippen LogP contribution in [-0.2, 0) is 0 Å². The minimum atomic E-state index is -0.541. The number of carbonyl (C=O) groups is 1. The number of rotatable bonds is 6. The van der Waals surface area contributed by atoms with E-state index in [1.54, 1.807) is 12.1 Å². The number of pyridine rings is 1. The lowest BCUT2D eigenvalue weighted by Gasteiger charge is -2.09. The van der Waals surface area contributed by atoms with Crippen molar-refractivity contribution >= 4 is 34.7 Å². The molecule has 3 aromatic rings. The molecule has 1 heterocycles. The average molecular weight is 386 g/mol. The Hall–Kier alpha value is -3.12. The molecule has 0 spiro atoms. The molecular formula is C20H17ClFN3O2. The Bertz CT molecular complexity index is 931. The van der Waals surface area contributed by atoms with Gasteiger partial charge in [0.05, 0.1) is 17.2 Å². The molecule has 2 aromatic carbocycles. The molecule has 0 saturated heterocycles. The molecule has 0 aliphatic heterocycles. The van der Waals surface area contributed by atoms with Crippen molar-refractivity contribution in [1.82, 2.24) is 4.98 Å². The van der Waals surface area contributed by atoms with Crippen molar-refractivity contribution in [2.75, 3.05) is 17.2 Å². The summed E-state index contributed by atoms with van der Waals surface area (Å²) >= 11 is 5.71. The number of hydrogen-bond acceptors (Lipinski definition) is 4. The van der Waals surface area contributed by atoms with Gasteiger partial charge in [-0.25, -0.2) is 9.37 Å². The first-order chi connectivity index (χ1) is 13.0. The van der Waals surface area contributed by atoms with Gasteiger partial charge in [0.1, 0.15) is 17.4 Å². The fourth-order valence-electron chi connectivity index (χ4n) is 2.33. The van der Waals surface area contributed by atoms with Crippen LogP contribution in [0, 0.1) is 5.82 Å². The molecule has 1 amide bonds. The molecule has 0 aliphatic carbocycles. The summed E-state index contributed by atoms with van der Waals surface area (Å²) in [6, 6.07) is 14.8. The van der Waals surface area contributed by atoms with Gasteiger partial charge in [-0.15, -0.1) is 0 Å². The number of carbonyl (C=O) groups excluding carboxylic acids is 1. The van der Waals surface area contributed by atoms with Gasteiger partial charge in [-0.05, 0) is 61.5 Å². The fourth-order valence-corrected chi connectivity index (χ4v) is 2.51. The highest BCUT2D eigenvalue weighted by atomic mass is 35.5. The van der Waals surface area contributed by atoms with E-state index in [0.717, 1.165) is 11.4 Å². The second-order valence-electron chi connectivity index (χ2n) is 5.60. The molecule has 0 fully saturated rings. The Morgan fingerprint density at radius 2 is 1.85 bits per heavy atom. The highest BCUT2D eigenvalue weighted by Crippen LogP contribution is 2.21. The quantitative estimate of drug-likeness (QED) is 0.606. The van der Waals surface area contributed by atoms with Crippen LogP contribution in [0.15, 0.2) is 60.8 Å². The van der Waals surface area contributed by atoms with Crippen molar-refractivity contribution in [3.63, 3.8) is 0 Å². The SMILES string of the molecule is CCOc1ccc(Nc2ccc(C(=O)Nc3ccc(F)c(Cl)c3)cn2)cc1. The van der Waals surface area contributed by atoms with Gasteiger partial charge in [0, 0.05) is 17.6 Å². The monoisotopic (exact) mass is 385 g/mol. The van der Waals surface area contributed by atoms with E-state index in [0.29, 0.717) is 23.7 Å². The Morgan fingerprint density at radius 3 is 2.48 bits per heavy atom. The molecule has 0 bridgehead atoms. The Morgan fingerprint density at radius 1 is 1.11 bits per heavy atom. The minimum absolute atomic E-state index is 0.0548. The molecule has 7 heteroatoms. The number of amides is 1. The molecule has 0 radical (unpaired) electrons. The van der Waals surface area contributed by atoms with Gasteiger partial charge in [0.25, 0.3) is 5.91 Å². The van der Waals surface area contributed by atoms with E-state index in [1.807, 2.05) is 31.2 Å². The van der Waals surface area contributed by atoms with Crippen molar-refractivity contribution in [2.45, 2.75) is 6.92 Å². The third-order valence-electron chi connectivity index (χ3n) is 3.64. The molecule has 3 rings (SSSR count). The fraction of sp³-hybridized carbons (Fsp3) is 0.100. The Labute approximate surface area is 161 Å². The van der Waals surface area contributed by atoms with Crippen LogP contribution < -0.4 is 15.4 Å². The maximum absolute atomic E-state index is 13.2. The number of halogens is 2. The third-order valence-corrected chi connectivity index (χ3v) is 3.93. The average Bonchev–Trinajstić information content (AvgIpc) is 2.67. The summed E-state index contributed by atoms with van der Waals surface area (Å²) in [7, 11) is 0. The van der Waals surface area contributed by atoms with Gasteiger partial charge < -0.3 is 15.4 Å². The largest absolute Gasteiger partial charge is 0.494 e. The summed E-state index contributed by atoms with van der Waals surface area (Å²) in [6.07, 6.45) is 1.46. The molecular weight excluding hydrogens is 369 g/mol. The standard InChI is InChI=1S/C20H17ClFN3O2/c1-2-27-16-7-4-14(5-8-16)24-19-10-3-13(12-23-19)20(26)25-15-6-9-18(22)17(21)11-15/h3-12H,2H2,1H3,(H,23,24)(H,25,26). The van der Waals surface area contributed by atoms with Crippen LogP contribution in [0.4, 0.5) is 21.6 Å². The first kappa shape index (κ1) is 18.7. The summed E-state index contributed by atoms with van der Waals surface area (Å²) < 4.78 is 18.6. The van der Waals surface area contributed by atoms with Crippen LogP contribution in [-0.4, -0.2) is 17.5 Å². The van der Waals surface area contributed by atoms with Gasteiger partial charge in [-0.3, -0.25) is 4.79 Å². The number of hydrogen-bond donors (Lipinski definition) is 2.